The Morgan fingerprint density at radius 1 is 1.28 bits per heavy atom. The molecule has 130 valence electrons. The Morgan fingerprint density at radius 2 is 1.92 bits per heavy atom. The highest BCUT2D eigenvalue weighted by molar-refractivity contribution is 9.11. The maximum atomic E-state index is 12.1. The molecule has 3 rings (SSSR count). The van der Waals surface area contributed by atoms with Crippen LogP contribution in [-0.4, -0.2) is 23.7 Å². The van der Waals surface area contributed by atoms with Gasteiger partial charge in [0.1, 0.15) is 5.75 Å². The molecule has 1 amide bonds. The summed E-state index contributed by atoms with van der Waals surface area (Å²) in [7, 11) is 1.61. The maximum Gasteiger partial charge on any atom is 0.240 e. The third-order valence-electron chi connectivity index (χ3n) is 4.03. The standard InChI is InChI=1S/C18H15Br2ClN2O2/c1-10(24)23-17(12-5-3-4-6-15(12)21)9-16(22-23)11-7-13(19)18(25-2)14(20)8-11/h3-8,17H,9H2,1-2H3. The van der Waals surface area contributed by atoms with E-state index in [1.165, 1.54) is 11.9 Å². The Hall–Kier alpha value is -1.37. The number of amides is 1. The number of hydrogen-bond donors (Lipinski definition) is 0. The van der Waals surface area contributed by atoms with E-state index in [-0.39, 0.29) is 11.9 Å². The van der Waals surface area contributed by atoms with Crippen LogP contribution >= 0.6 is 43.5 Å². The van der Waals surface area contributed by atoms with Crippen molar-refractivity contribution in [3.05, 3.63) is 61.5 Å². The minimum absolute atomic E-state index is 0.119. The summed E-state index contributed by atoms with van der Waals surface area (Å²) >= 11 is 13.4. The van der Waals surface area contributed by atoms with E-state index in [1.807, 2.05) is 36.4 Å². The number of halogens is 3. The van der Waals surface area contributed by atoms with Crippen LogP contribution in [0.4, 0.5) is 0 Å². The number of carbonyl (C=O) groups excluding carboxylic acids is 1. The van der Waals surface area contributed by atoms with Gasteiger partial charge in [-0.1, -0.05) is 29.8 Å². The van der Waals surface area contributed by atoms with E-state index in [0.717, 1.165) is 25.8 Å². The van der Waals surface area contributed by atoms with Gasteiger partial charge in [-0.3, -0.25) is 4.79 Å². The van der Waals surface area contributed by atoms with Crippen LogP contribution in [0.15, 0.2) is 50.4 Å². The van der Waals surface area contributed by atoms with Gasteiger partial charge in [-0.25, -0.2) is 5.01 Å². The van der Waals surface area contributed by atoms with Crippen LogP contribution in [0.2, 0.25) is 5.02 Å². The van der Waals surface area contributed by atoms with Crippen molar-refractivity contribution in [2.75, 3.05) is 7.11 Å². The lowest BCUT2D eigenvalue weighted by atomic mass is 9.98. The number of hydrogen-bond acceptors (Lipinski definition) is 3. The first-order valence-corrected chi connectivity index (χ1v) is 9.54. The van der Waals surface area contributed by atoms with E-state index < -0.39 is 0 Å². The van der Waals surface area contributed by atoms with Gasteiger partial charge in [0.05, 0.1) is 27.8 Å². The second-order valence-electron chi connectivity index (χ2n) is 5.62. The molecule has 25 heavy (non-hydrogen) atoms. The summed E-state index contributed by atoms with van der Waals surface area (Å²) in [5.74, 6) is 0.597. The molecule has 2 aromatic carbocycles. The van der Waals surface area contributed by atoms with E-state index in [2.05, 4.69) is 37.0 Å². The van der Waals surface area contributed by atoms with Crippen molar-refractivity contribution in [1.82, 2.24) is 5.01 Å². The smallest absolute Gasteiger partial charge is 0.240 e. The Balaban J connectivity index is 2.01. The average molecular weight is 487 g/mol. The van der Waals surface area contributed by atoms with Gasteiger partial charge < -0.3 is 4.74 Å². The first kappa shape index (κ1) is 18.4. The van der Waals surface area contributed by atoms with Crippen LogP contribution < -0.4 is 4.74 Å². The molecule has 0 bridgehead atoms. The molecule has 1 atom stereocenters. The molecule has 2 aromatic rings. The lowest BCUT2D eigenvalue weighted by Gasteiger charge is -2.21. The molecule has 0 radical (unpaired) electrons. The number of ether oxygens (including phenoxy) is 1. The zero-order chi connectivity index (χ0) is 18.1. The fourth-order valence-corrected chi connectivity index (χ4v) is 4.66. The first-order valence-electron chi connectivity index (χ1n) is 7.57. The normalized spacial score (nSPS) is 16.8. The third kappa shape index (κ3) is 3.61. The molecule has 0 spiro atoms. The van der Waals surface area contributed by atoms with Crippen molar-refractivity contribution in [3.63, 3.8) is 0 Å². The summed E-state index contributed by atoms with van der Waals surface area (Å²) < 4.78 is 6.98. The lowest BCUT2D eigenvalue weighted by molar-refractivity contribution is -0.130. The van der Waals surface area contributed by atoms with Crippen molar-refractivity contribution in [2.45, 2.75) is 19.4 Å². The number of nitrogens with zero attached hydrogens (tertiary/aromatic N) is 2. The van der Waals surface area contributed by atoms with Gasteiger partial charge in [-0.05, 0) is 55.6 Å². The van der Waals surface area contributed by atoms with Gasteiger partial charge in [-0.15, -0.1) is 0 Å². The molecule has 0 N–H and O–H groups in total. The van der Waals surface area contributed by atoms with E-state index in [0.29, 0.717) is 17.2 Å². The van der Waals surface area contributed by atoms with Gasteiger partial charge in [0.15, 0.2) is 0 Å². The molecule has 0 aromatic heterocycles. The second-order valence-corrected chi connectivity index (χ2v) is 7.74. The van der Waals surface area contributed by atoms with Crippen molar-refractivity contribution in [3.8, 4) is 5.75 Å². The summed E-state index contributed by atoms with van der Waals surface area (Å²) in [4.78, 5) is 12.1. The molecule has 0 saturated heterocycles. The molecular weight excluding hydrogens is 471 g/mol. The van der Waals surface area contributed by atoms with E-state index >= 15 is 0 Å². The Kier molecular flexibility index (Phi) is 5.51. The second kappa shape index (κ2) is 7.48. The highest BCUT2D eigenvalue weighted by Gasteiger charge is 2.32. The van der Waals surface area contributed by atoms with E-state index in [9.17, 15) is 4.79 Å². The summed E-state index contributed by atoms with van der Waals surface area (Å²) in [6, 6.07) is 11.2. The Bertz CT molecular complexity index is 847. The van der Waals surface area contributed by atoms with Crippen LogP contribution in [-0.2, 0) is 4.79 Å². The molecule has 0 saturated carbocycles. The van der Waals surface area contributed by atoms with E-state index in [1.54, 1.807) is 7.11 Å². The highest BCUT2D eigenvalue weighted by Crippen LogP contribution is 2.39. The highest BCUT2D eigenvalue weighted by atomic mass is 79.9. The number of carbonyl (C=O) groups is 1. The molecule has 1 aliphatic heterocycles. The van der Waals surface area contributed by atoms with Crippen LogP contribution in [0.25, 0.3) is 0 Å². The Labute approximate surface area is 168 Å². The minimum Gasteiger partial charge on any atom is -0.494 e. The summed E-state index contributed by atoms with van der Waals surface area (Å²) in [5.41, 5.74) is 2.63. The topological polar surface area (TPSA) is 41.9 Å². The minimum atomic E-state index is -0.208. The number of hydrazone groups is 1. The predicted molar refractivity (Wildman–Crippen MR) is 106 cm³/mol. The fraction of sp³-hybridized carbons (Fsp3) is 0.222. The maximum absolute atomic E-state index is 12.1. The Morgan fingerprint density at radius 3 is 2.48 bits per heavy atom. The first-order chi connectivity index (χ1) is 11.9. The summed E-state index contributed by atoms with van der Waals surface area (Å²) in [6.45, 7) is 1.51. The molecule has 7 heteroatoms. The van der Waals surface area contributed by atoms with Crippen molar-refractivity contribution in [1.29, 1.82) is 0 Å². The van der Waals surface area contributed by atoms with Crippen molar-refractivity contribution in [2.24, 2.45) is 5.10 Å². The predicted octanol–water partition coefficient (Wildman–Crippen LogP) is 5.57. The van der Waals surface area contributed by atoms with Crippen LogP contribution in [0.1, 0.15) is 30.5 Å². The lowest BCUT2D eigenvalue weighted by Crippen LogP contribution is -2.24. The van der Waals surface area contributed by atoms with Crippen LogP contribution in [0.5, 0.6) is 5.75 Å². The average Bonchev–Trinajstić information content (AvgIpc) is 3.00. The molecule has 1 heterocycles. The molecule has 1 aliphatic rings. The van der Waals surface area contributed by atoms with Gasteiger partial charge in [0.2, 0.25) is 5.91 Å². The van der Waals surface area contributed by atoms with Crippen LogP contribution in [0.3, 0.4) is 0 Å². The van der Waals surface area contributed by atoms with Crippen molar-refractivity contribution < 1.29 is 9.53 Å². The van der Waals surface area contributed by atoms with Gasteiger partial charge >= 0.3 is 0 Å². The molecular formula is C18H15Br2ClN2O2. The molecule has 0 fully saturated rings. The zero-order valence-electron chi connectivity index (χ0n) is 13.6. The number of rotatable bonds is 3. The third-order valence-corrected chi connectivity index (χ3v) is 5.56. The molecule has 0 aliphatic carbocycles. The van der Waals surface area contributed by atoms with Gasteiger partial charge in [0.25, 0.3) is 0 Å². The fourth-order valence-electron chi connectivity index (χ4n) is 2.88. The molecule has 4 nitrogen and oxygen atoms in total. The largest absolute Gasteiger partial charge is 0.494 e. The van der Waals surface area contributed by atoms with Crippen molar-refractivity contribution >= 4 is 55.1 Å². The van der Waals surface area contributed by atoms with Gasteiger partial charge in [-0.2, -0.15) is 5.10 Å². The number of methoxy groups -OCH3 is 1. The summed E-state index contributed by atoms with van der Waals surface area (Å²) in [6.07, 6.45) is 0.592. The quantitative estimate of drug-likeness (QED) is 0.569. The molecule has 1 unspecified atom stereocenters. The number of benzene rings is 2. The van der Waals surface area contributed by atoms with Gasteiger partial charge in [0, 0.05) is 23.9 Å². The summed E-state index contributed by atoms with van der Waals surface area (Å²) in [5, 5.41) is 6.69. The zero-order valence-corrected chi connectivity index (χ0v) is 17.5. The monoisotopic (exact) mass is 484 g/mol. The van der Waals surface area contributed by atoms with Crippen LogP contribution in [0, 0.1) is 0 Å². The SMILES string of the molecule is COc1c(Br)cc(C2=NN(C(C)=O)C(c3ccccc3Cl)C2)cc1Br. The van der Waals surface area contributed by atoms with E-state index in [4.69, 9.17) is 16.3 Å².